The molecule has 120 valence electrons. The second kappa shape index (κ2) is 6.48. The van der Waals surface area contributed by atoms with E-state index in [-0.39, 0.29) is 29.7 Å². The quantitative estimate of drug-likeness (QED) is 0.797. The molecule has 1 aromatic rings. The average molecular weight is 316 g/mol. The molecule has 1 saturated carbocycles. The SMILES string of the molecule is CCOC1CC(NS(=O)(=O)c2cc(CO)n(C(C)C)c2)C1. The second-order valence-corrected chi connectivity index (χ2v) is 7.41. The Hall–Kier alpha value is -0.890. The topological polar surface area (TPSA) is 80.6 Å². The van der Waals surface area contributed by atoms with Crippen molar-refractivity contribution in [2.75, 3.05) is 6.61 Å². The van der Waals surface area contributed by atoms with Crippen molar-refractivity contribution in [3.63, 3.8) is 0 Å². The fourth-order valence-corrected chi connectivity index (χ4v) is 3.88. The summed E-state index contributed by atoms with van der Waals surface area (Å²) in [6, 6.07) is 1.56. The fraction of sp³-hybridized carbons (Fsp3) is 0.714. The first-order chi connectivity index (χ1) is 9.87. The van der Waals surface area contributed by atoms with Gasteiger partial charge >= 0.3 is 0 Å². The van der Waals surface area contributed by atoms with E-state index in [0.29, 0.717) is 25.1 Å². The molecule has 0 aromatic carbocycles. The van der Waals surface area contributed by atoms with Crippen molar-refractivity contribution in [3.8, 4) is 0 Å². The molecule has 0 amide bonds. The van der Waals surface area contributed by atoms with Gasteiger partial charge in [0.1, 0.15) is 0 Å². The van der Waals surface area contributed by atoms with Gasteiger partial charge in [0.25, 0.3) is 0 Å². The van der Waals surface area contributed by atoms with Crippen molar-refractivity contribution in [1.29, 1.82) is 0 Å². The van der Waals surface area contributed by atoms with E-state index in [9.17, 15) is 13.5 Å². The number of sulfonamides is 1. The van der Waals surface area contributed by atoms with E-state index in [1.54, 1.807) is 10.8 Å². The smallest absolute Gasteiger partial charge is 0.242 e. The number of aliphatic hydroxyl groups excluding tert-OH is 1. The van der Waals surface area contributed by atoms with Crippen LogP contribution in [0.4, 0.5) is 0 Å². The molecule has 1 aliphatic carbocycles. The van der Waals surface area contributed by atoms with Gasteiger partial charge in [-0.25, -0.2) is 13.1 Å². The number of nitrogens with one attached hydrogen (secondary N) is 1. The molecule has 0 bridgehead atoms. The van der Waals surface area contributed by atoms with Crippen LogP contribution < -0.4 is 4.72 Å². The fourth-order valence-electron chi connectivity index (χ4n) is 2.57. The molecule has 2 rings (SSSR count). The zero-order valence-corrected chi connectivity index (χ0v) is 13.6. The Bertz CT molecular complexity index is 574. The lowest BCUT2D eigenvalue weighted by Crippen LogP contribution is -2.47. The Morgan fingerprint density at radius 2 is 2.14 bits per heavy atom. The zero-order valence-electron chi connectivity index (χ0n) is 12.7. The Morgan fingerprint density at radius 3 is 2.62 bits per heavy atom. The summed E-state index contributed by atoms with van der Waals surface area (Å²) in [6.07, 6.45) is 3.17. The van der Waals surface area contributed by atoms with Crippen molar-refractivity contribution in [3.05, 3.63) is 18.0 Å². The predicted octanol–water partition coefficient (Wildman–Crippen LogP) is 1.41. The average Bonchev–Trinajstić information content (AvgIpc) is 2.81. The maximum absolute atomic E-state index is 12.4. The summed E-state index contributed by atoms with van der Waals surface area (Å²) in [7, 11) is -3.54. The van der Waals surface area contributed by atoms with Gasteiger partial charge in [-0.1, -0.05) is 0 Å². The number of aliphatic hydroxyl groups is 1. The molecule has 2 N–H and O–H groups in total. The van der Waals surface area contributed by atoms with E-state index in [2.05, 4.69) is 4.72 Å². The molecule has 0 aliphatic heterocycles. The zero-order chi connectivity index (χ0) is 15.6. The highest BCUT2D eigenvalue weighted by atomic mass is 32.2. The van der Waals surface area contributed by atoms with Gasteiger partial charge in [-0.05, 0) is 39.7 Å². The molecule has 0 unspecified atom stereocenters. The summed E-state index contributed by atoms with van der Waals surface area (Å²) in [5, 5.41) is 9.33. The standard InChI is InChI=1S/C14H24N2O4S/c1-4-20-13-5-11(6-13)15-21(18,19)14-7-12(9-17)16(8-14)10(2)3/h7-8,10-11,13,15,17H,4-6,9H2,1-3H3. The van der Waals surface area contributed by atoms with Gasteiger partial charge in [0.05, 0.1) is 17.6 Å². The minimum absolute atomic E-state index is 0.0634. The van der Waals surface area contributed by atoms with Crippen LogP contribution in [0.15, 0.2) is 17.2 Å². The van der Waals surface area contributed by atoms with Crippen molar-refractivity contribution in [1.82, 2.24) is 9.29 Å². The maximum atomic E-state index is 12.4. The molecule has 0 atom stereocenters. The molecule has 0 spiro atoms. The Morgan fingerprint density at radius 1 is 1.48 bits per heavy atom. The molecule has 1 fully saturated rings. The van der Waals surface area contributed by atoms with E-state index in [0.717, 1.165) is 0 Å². The molecule has 7 heteroatoms. The highest BCUT2D eigenvalue weighted by molar-refractivity contribution is 7.89. The summed E-state index contributed by atoms with van der Waals surface area (Å²) >= 11 is 0. The third kappa shape index (κ3) is 3.66. The number of aromatic nitrogens is 1. The van der Waals surface area contributed by atoms with E-state index in [1.807, 2.05) is 20.8 Å². The van der Waals surface area contributed by atoms with Crippen molar-refractivity contribution in [2.24, 2.45) is 0 Å². The van der Waals surface area contributed by atoms with Gasteiger partial charge < -0.3 is 14.4 Å². The highest BCUT2D eigenvalue weighted by Gasteiger charge is 2.33. The molecule has 0 radical (unpaired) electrons. The third-order valence-electron chi connectivity index (χ3n) is 3.75. The summed E-state index contributed by atoms with van der Waals surface area (Å²) in [5.74, 6) is 0. The van der Waals surface area contributed by atoms with Crippen LogP contribution >= 0.6 is 0 Å². The van der Waals surface area contributed by atoms with Crippen LogP contribution in [-0.2, 0) is 21.4 Å². The van der Waals surface area contributed by atoms with Gasteiger partial charge in [0.2, 0.25) is 10.0 Å². The van der Waals surface area contributed by atoms with Gasteiger partial charge in [-0.3, -0.25) is 0 Å². The monoisotopic (exact) mass is 316 g/mol. The van der Waals surface area contributed by atoms with E-state index >= 15 is 0 Å². The molecule has 6 nitrogen and oxygen atoms in total. The highest BCUT2D eigenvalue weighted by Crippen LogP contribution is 2.26. The van der Waals surface area contributed by atoms with Crippen molar-refractivity contribution >= 4 is 10.0 Å². The van der Waals surface area contributed by atoms with Crippen molar-refractivity contribution < 1.29 is 18.3 Å². The van der Waals surface area contributed by atoms with Crippen LogP contribution in [-0.4, -0.2) is 36.8 Å². The lowest BCUT2D eigenvalue weighted by molar-refractivity contribution is -0.00475. The molecular formula is C14H24N2O4S. The molecule has 1 aromatic heterocycles. The van der Waals surface area contributed by atoms with Crippen LogP contribution in [0, 0.1) is 0 Å². The van der Waals surface area contributed by atoms with Crippen LogP contribution in [0.1, 0.15) is 45.3 Å². The first-order valence-corrected chi connectivity index (χ1v) is 8.81. The summed E-state index contributed by atoms with van der Waals surface area (Å²) in [5.41, 5.74) is 0.603. The van der Waals surface area contributed by atoms with Gasteiger partial charge in [0.15, 0.2) is 0 Å². The Labute approximate surface area is 126 Å². The van der Waals surface area contributed by atoms with Crippen LogP contribution in [0.3, 0.4) is 0 Å². The normalized spacial score (nSPS) is 22.5. The largest absolute Gasteiger partial charge is 0.390 e. The van der Waals surface area contributed by atoms with E-state index < -0.39 is 10.0 Å². The first kappa shape index (κ1) is 16.5. The summed E-state index contributed by atoms with van der Waals surface area (Å²) < 4.78 is 34.6. The number of nitrogens with zero attached hydrogens (tertiary/aromatic N) is 1. The Balaban J connectivity index is 2.07. The number of hydrogen-bond donors (Lipinski definition) is 2. The number of rotatable bonds is 7. The van der Waals surface area contributed by atoms with Crippen LogP contribution in [0.5, 0.6) is 0 Å². The molecule has 1 heterocycles. The lowest BCUT2D eigenvalue weighted by Gasteiger charge is -2.34. The Kier molecular flexibility index (Phi) is 5.08. The summed E-state index contributed by atoms with van der Waals surface area (Å²) in [4.78, 5) is 0.208. The molecule has 0 saturated heterocycles. The van der Waals surface area contributed by atoms with E-state index in [4.69, 9.17) is 4.74 Å². The number of hydrogen-bond acceptors (Lipinski definition) is 4. The lowest BCUT2D eigenvalue weighted by atomic mass is 9.90. The number of ether oxygens (including phenoxy) is 1. The van der Waals surface area contributed by atoms with Gasteiger partial charge in [-0.2, -0.15) is 0 Å². The third-order valence-corrected chi connectivity index (χ3v) is 5.24. The predicted molar refractivity (Wildman–Crippen MR) is 79.5 cm³/mol. The molecular weight excluding hydrogens is 292 g/mol. The van der Waals surface area contributed by atoms with Crippen LogP contribution in [0.25, 0.3) is 0 Å². The van der Waals surface area contributed by atoms with Crippen LogP contribution in [0.2, 0.25) is 0 Å². The second-order valence-electron chi connectivity index (χ2n) is 5.69. The maximum Gasteiger partial charge on any atom is 0.242 e. The first-order valence-electron chi connectivity index (χ1n) is 7.33. The van der Waals surface area contributed by atoms with E-state index in [1.165, 1.54) is 6.07 Å². The minimum atomic E-state index is -3.54. The molecule has 21 heavy (non-hydrogen) atoms. The van der Waals surface area contributed by atoms with Gasteiger partial charge in [0, 0.05) is 30.6 Å². The minimum Gasteiger partial charge on any atom is -0.390 e. The summed E-state index contributed by atoms with van der Waals surface area (Å²) in [6.45, 7) is 6.30. The van der Waals surface area contributed by atoms with Crippen molar-refractivity contribution in [2.45, 2.75) is 63.3 Å². The van der Waals surface area contributed by atoms with Gasteiger partial charge in [-0.15, -0.1) is 0 Å². The molecule has 1 aliphatic rings.